The molecule has 0 unspecified atom stereocenters. The Morgan fingerprint density at radius 2 is 0.800 bits per heavy atom. The largest absolute Gasteiger partial charge is 0.494 e. The molecule has 3 aromatic carbocycles. The van der Waals surface area contributed by atoms with Crippen molar-refractivity contribution in [3.05, 3.63) is 72.8 Å². The molecule has 210 valence electrons. The van der Waals surface area contributed by atoms with E-state index in [2.05, 4.69) is 29.9 Å². The number of carbonyl (C=O) groups is 2. The van der Waals surface area contributed by atoms with Gasteiger partial charge in [0.25, 0.3) is 0 Å². The Morgan fingerprint density at radius 1 is 0.500 bits per heavy atom. The third kappa shape index (κ3) is 11.4. The molecule has 0 spiro atoms. The molecule has 0 aliphatic rings. The zero-order chi connectivity index (χ0) is 28.4. The van der Waals surface area contributed by atoms with Gasteiger partial charge in [-0.25, -0.2) is 0 Å². The molecule has 0 aliphatic carbocycles. The molecule has 0 saturated carbocycles. The van der Waals surface area contributed by atoms with Crippen LogP contribution in [-0.4, -0.2) is 39.4 Å². The summed E-state index contributed by atoms with van der Waals surface area (Å²) in [5.41, 5.74) is 2.79. The van der Waals surface area contributed by atoms with Gasteiger partial charge in [-0.2, -0.15) is 20.5 Å². The molecule has 10 nitrogen and oxygen atoms in total. The second-order valence-electron chi connectivity index (χ2n) is 8.67. The maximum atomic E-state index is 11.1. The van der Waals surface area contributed by atoms with Crippen LogP contribution >= 0.6 is 0 Å². The number of rotatable bonds is 16. The first-order valence-electron chi connectivity index (χ1n) is 13.1. The summed E-state index contributed by atoms with van der Waals surface area (Å²) < 4.78 is 20.6. The molecular formula is C30H34N4O6. The first kappa shape index (κ1) is 29.9. The standard InChI is InChI=1S/C30H34N4O6/c1-37-29(35)7-3-5-21-39-27-17-13-25(14-18-27)33-31-23-9-11-24(12-10-23)32-34-26-15-19-28(20-16-26)40-22-6-4-8-30(36)38-2/h9-20H,3-8,21-22H2,1-2H3. The van der Waals surface area contributed by atoms with Crippen LogP contribution in [0.1, 0.15) is 38.5 Å². The van der Waals surface area contributed by atoms with Crippen molar-refractivity contribution in [3.63, 3.8) is 0 Å². The van der Waals surface area contributed by atoms with E-state index in [0.717, 1.165) is 37.2 Å². The quantitative estimate of drug-likeness (QED) is 0.102. The van der Waals surface area contributed by atoms with E-state index in [1.54, 1.807) is 0 Å². The predicted molar refractivity (Wildman–Crippen MR) is 150 cm³/mol. The second kappa shape index (κ2) is 17.1. The van der Waals surface area contributed by atoms with Gasteiger partial charge in [0.2, 0.25) is 0 Å². The molecule has 10 heteroatoms. The molecule has 0 heterocycles. The number of unbranched alkanes of at least 4 members (excludes halogenated alkanes) is 2. The van der Waals surface area contributed by atoms with Crippen LogP contribution in [0.15, 0.2) is 93.3 Å². The van der Waals surface area contributed by atoms with Crippen LogP contribution in [0, 0.1) is 0 Å². The van der Waals surface area contributed by atoms with Crippen molar-refractivity contribution in [1.82, 2.24) is 0 Å². The van der Waals surface area contributed by atoms with Crippen molar-refractivity contribution in [3.8, 4) is 11.5 Å². The molecular weight excluding hydrogens is 512 g/mol. The van der Waals surface area contributed by atoms with Crippen LogP contribution in [0.5, 0.6) is 11.5 Å². The van der Waals surface area contributed by atoms with E-state index >= 15 is 0 Å². The highest BCUT2D eigenvalue weighted by Gasteiger charge is 2.02. The van der Waals surface area contributed by atoms with E-state index in [0.29, 0.717) is 48.8 Å². The molecule has 0 atom stereocenters. The topological polar surface area (TPSA) is 121 Å². The Bertz CT molecular complexity index is 1140. The summed E-state index contributed by atoms with van der Waals surface area (Å²) in [6.45, 7) is 1.06. The molecule has 0 saturated heterocycles. The van der Waals surface area contributed by atoms with E-state index in [-0.39, 0.29) is 11.9 Å². The maximum Gasteiger partial charge on any atom is 0.305 e. The SMILES string of the molecule is COC(=O)CCCCOc1ccc(N=Nc2ccc(N=Nc3ccc(OCCCCC(=O)OC)cc3)cc2)cc1. The summed E-state index contributed by atoms with van der Waals surface area (Å²) in [5.74, 6) is 1.07. The van der Waals surface area contributed by atoms with Crippen LogP contribution < -0.4 is 9.47 Å². The van der Waals surface area contributed by atoms with Gasteiger partial charge in [0.05, 0.1) is 50.2 Å². The molecule has 3 aromatic rings. The summed E-state index contributed by atoms with van der Waals surface area (Å²) in [7, 11) is 2.78. The van der Waals surface area contributed by atoms with E-state index < -0.39 is 0 Å². The van der Waals surface area contributed by atoms with Crippen molar-refractivity contribution in [2.75, 3.05) is 27.4 Å². The van der Waals surface area contributed by atoms with E-state index in [1.165, 1.54) is 14.2 Å². The van der Waals surface area contributed by atoms with Crippen molar-refractivity contribution in [2.45, 2.75) is 38.5 Å². The fraction of sp³-hybridized carbons (Fsp3) is 0.333. The van der Waals surface area contributed by atoms with Gasteiger partial charge in [0, 0.05) is 12.8 Å². The summed E-state index contributed by atoms with van der Waals surface area (Å²) in [5, 5.41) is 17.1. The van der Waals surface area contributed by atoms with Crippen molar-refractivity contribution in [2.24, 2.45) is 20.5 Å². The number of esters is 2. The van der Waals surface area contributed by atoms with Gasteiger partial charge in [-0.15, -0.1) is 0 Å². The van der Waals surface area contributed by atoms with Gasteiger partial charge in [-0.3, -0.25) is 9.59 Å². The average Bonchev–Trinajstić information content (AvgIpc) is 3.00. The highest BCUT2D eigenvalue weighted by Crippen LogP contribution is 2.25. The molecule has 0 aromatic heterocycles. The maximum absolute atomic E-state index is 11.1. The average molecular weight is 547 g/mol. The summed E-state index contributed by atoms with van der Waals surface area (Å²) in [4.78, 5) is 22.2. The number of hydrogen-bond donors (Lipinski definition) is 0. The molecule has 0 aliphatic heterocycles. The van der Waals surface area contributed by atoms with E-state index in [1.807, 2.05) is 72.8 Å². The normalized spacial score (nSPS) is 11.1. The van der Waals surface area contributed by atoms with Crippen LogP contribution in [0.2, 0.25) is 0 Å². The number of carbonyl (C=O) groups excluding carboxylic acids is 2. The Balaban J connectivity index is 1.39. The highest BCUT2D eigenvalue weighted by atomic mass is 16.5. The molecule has 0 radical (unpaired) electrons. The number of methoxy groups -OCH3 is 2. The fourth-order valence-electron chi connectivity index (χ4n) is 3.36. The van der Waals surface area contributed by atoms with Gasteiger partial charge in [0.15, 0.2) is 0 Å². The van der Waals surface area contributed by atoms with Gasteiger partial charge >= 0.3 is 11.9 Å². The Kier molecular flexibility index (Phi) is 12.8. The summed E-state index contributed by atoms with van der Waals surface area (Å²) in [6, 6.07) is 22.0. The van der Waals surface area contributed by atoms with Crippen LogP contribution in [0.3, 0.4) is 0 Å². The minimum atomic E-state index is -0.204. The number of ether oxygens (including phenoxy) is 4. The minimum Gasteiger partial charge on any atom is -0.494 e. The van der Waals surface area contributed by atoms with Gasteiger partial charge in [0.1, 0.15) is 11.5 Å². The lowest BCUT2D eigenvalue weighted by Crippen LogP contribution is -2.02. The monoisotopic (exact) mass is 546 g/mol. The predicted octanol–water partition coefficient (Wildman–Crippen LogP) is 7.96. The van der Waals surface area contributed by atoms with Crippen molar-refractivity contribution >= 4 is 34.7 Å². The molecule has 40 heavy (non-hydrogen) atoms. The lowest BCUT2D eigenvalue weighted by atomic mass is 10.2. The third-order valence-corrected chi connectivity index (χ3v) is 5.63. The first-order chi connectivity index (χ1) is 19.6. The van der Waals surface area contributed by atoms with E-state index in [4.69, 9.17) is 9.47 Å². The smallest absolute Gasteiger partial charge is 0.305 e. The second-order valence-corrected chi connectivity index (χ2v) is 8.67. The lowest BCUT2D eigenvalue weighted by Gasteiger charge is -2.06. The number of hydrogen-bond acceptors (Lipinski definition) is 10. The number of benzene rings is 3. The summed E-state index contributed by atoms with van der Waals surface area (Å²) in [6.07, 6.45) is 3.80. The molecule has 0 bridgehead atoms. The number of nitrogens with zero attached hydrogens (tertiary/aromatic N) is 4. The van der Waals surface area contributed by atoms with Crippen LogP contribution in [-0.2, 0) is 19.1 Å². The van der Waals surface area contributed by atoms with Crippen LogP contribution in [0.25, 0.3) is 0 Å². The fourth-order valence-corrected chi connectivity index (χ4v) is 3.36. The summed E-state index contributed by atoms with van der Waals surface area (Å²) >= 11 is 0. The Morgan fingerprint density at radius 3 is 1.10 bits per heavy atom. The Labute approximate surface area is 234 Å². The molecule has 0 fully saturated rings. The van der Waals surface area contributed by atoms with Crippen molar-refractivity contribution < 1.29 is 28.5 Å². The molecule has 0 amide bonds. The van der Waals surface area contributed by atoms with E-state index in [9.17, 15) is 9.59 Å². The van der Waals surface area contributed by atoms with Crippen molar-refractivity contribution in [1.29, 1.82) is 0 Å². The third-order valence-electron chi connectivity index (χ3n) is 5.63. The minimum absolute atomic E-state index is 0.204. The Hall–Kier alpha value is -4.60. The van der Waals surface area contributed by atoms with Gasteiger partial charge in [-0.1, -0.05) is 0 Å². The highest BCUT2D eigenvalue weighted by molar-refractivity contribution is 5.69. The van der Waals surface area contributed by atoms with Gasteiger partial charge in [-0.05, 0) is 98.5 Å². The van der Waals surface area contributed by atoms with Crippen LogP contribution in [0.4, 0.5) is 22.7 Å². The first-order valence-corrected chi connectivity index (χ1v) is 13.1. The lowest BCUT2D eigenvalue weighted by molar-refractivity contribution is -0.141. The zero-order valence-corrected chi connectivity index (χ0v) is 22.8. The number of azo groups is 2. The zero-order valence-electron chi connectivity index (χ0n) is 22.8. The molecule has 0 N–H and O–H groups in total. The van der Waals surface area contributed by atoms with Gasteiger partial charge < -0.3 is 18.9 Å². The molecule has 3 rings (SSSR count).